The normalized spacial score (nSPS) is 13.8. The van der Waals surface area contributed by atoms with Crippen molar-refractivity contribution in [1.82, 2.24) is 9.88 Å². The first-order valence-corrected chi connectivity index (χ1v) is 7.25. The van der Waals surface area contributed by atoms with Gasteiger partial charge in [0.25, 0.3) is 5.91 Å². The largest absolute Gasteiger partial charge is 0.368 e. The zero-order valence-electron chi connectivity index (χ0n) is 13.0. The minimum absolute atomic E-state index is 0. The molecule has 0 radical (unpaired) electrons. The maximum atomic E-state index is 12.4. The molecule has 1 saturated heterocycles. The molecule has 1 aliphatic rings. The van der Waals surface area contributed by atoms with E-state index in [0.717, 1.165) is 26.2 Å². The number of anilines is 1. The highest BCUT2D eigenvalue weighted by Crippen LogP contribution is 2.21. The Morgan fingerprint density at radius 3 is 2.30 bits per heavy atom. The van der Waals surface area contributed by atoms with Crippen LogP contribution in [0.3, 0.4) is 0 Å². The van der Waals surface area contributed by atoms with E-state index in [1.807, 2.05) is 11.0 Å². The van der Waals surface area contributed by atoms with Gasteiger partial charge in [-0.3, -0.25) is 9.78 Å². The molecular formula is C17H21Cl2N3O. The van der Waals surface area contributed by atoms with Gasteiger partial charge in [0.2, 0.25) is 0 Å². The number of benzene rings is 1. The number of carbonyl (C=O) groups excluding carboxylic acids is 1. The predicted octanol–water partition coefficient (Wildman–Crippen LogP) is 3.20. The first-order valence-electron chi connectivity index (χ1n) is 7.25. The van der Waals surface area contributed by atoms with Gasteiger partial charge >= 0.3 is 0 Å². The molecule has 2 aromatic rings. The van der Waals surface area contributed by atoms with Crippen LogP contribution < -0.4 is 4.90 Å². The van der Waals surface area contributed by atoms with E-state index in [9.17, 15) is 4.79 Å². The molecule has 1 aromatic heterocycles. The molecule has 6 heteroatoms. The summed E-state index contributed by atoms with van der Waals surface area (Å²) in [7, 11) is 0. The Hall–Kier alpha value is -1.78. The number of hydrogen-bond donors (Lipinski definition) is 0. The SMILES string of the molecule is Cc1ccccc1N1CCN(C(=O)c2cccnc2)CC1.Cl.Cl. The van der Waals surface area contributed by atoms with Gasteiger partial charge in [0.05, 0.1) is 5.56 Å². The number of para-hydroxylation sites is 1. The molecule has 3 rings (SSSR count). The average Bonchev–Trinajstić information content (AvgIpc) is 2.56. The lowest BCUT2D eigenvalue weighted by atomic mass is 10.1. The van der Waals surface area contributed by atoms with Crippen molar-refractivity contribution in [3.05, 3.63) is 59.9 Å². The second-order valence-electron chi connectivity index (χ2n) is 5.31. The highest BCUT2D eigenvalue weighted by atomic mass is 35.5. The van der Waals surface area contributed by atoms with Crippen LogP contribution in [0.5, 0.6) is 0 Å². The van der Waals surface area contributed by atoms with Gasteiger partial charge in [-0.25, -0.2) is 0 Å². The van der Waals surface area contributed by atoms with Crippen molar-refractivity contribution < 1.29 is 4.79 Å². The van der Waals surface area contributed by atoms with Gasteiger partial charge in [-0.1, -0.05) is 18.2 Å². The van der Waals surface area contributed by atoms with Crippen LogP contribution in [0.1, 0.15) is 15.9 Å². The second-order valence-corrected chi connectivity index (χ2v) is 5.31. The number of hydrogen-bond acceptors (Lipinski definition) is 3. The third-order valence-corrected chi connectivity index (χ3v) is 3.93. The number of aromatic nitrogens is 1. The topological polar surface area (TPSA) is 36.4 Å². The van der Waals surface area contributed by atoms with Gasteiger partial charge < -0.3 is 9.80 Å². The van der Waals surface area contributed by atoms with Crippen molar-refractivity contribution in [2.24, 2.45) is 0 Å². The van der Waals surface area contributed by atoms with Gasteiger partial charge in [-0.05, 0) is 30.7 Å². The first-order chi connectivity index (χ1) is 10.3. The molecule has 1 amide bonds. The molecule has 0 atom stereocenters. The Labute approximate surface area is 149 Å². The molecule has 0 N–H and O–H groups in total. The Bertz CT molecular complexity index is 629. The van der Waals surface area contributed by atoms with Crippen molar-refractivity contribution in [3.63, 3.8) is 0 Å². The molecule has 2 heterocycles. The average molecular weight is 354 g/mol. The Morgan fingerprint density at radius 2 is 1.70 bits per heavy atom. The summed E-state index contributed by atoms with van der Waals surface area (Å²) in [5.74, 6) is 0.0764. The standard InChI is InChI=1S/C17H19N3O.2ClH/c1-14-5-2-3-7-16(14)19-9-11-20(12-10-19)17(21)15-6-4-8-18-13-15;;/h2-8,13H,9-12H2,1H3;2*1H. The van der Waals surface area contributed by atoms with Crippen LogP contribution in [0.2, 0.25) is 0 Å². The van der Waals surface area contributed by atoms with Crippen molar-refractivity contribution in [2.75, 3.05) is 31.1 Å². The van der Waals surface area contributed by atoms with Gasteiger partial charge in [0, 0.05) is 44.3 Å². The number of nitrogens with zero attached hydrogens (tertiary/aromatic N) is 3. The molecule has 1 aromatic carbocycles. The van der Waals surface area contributed by atoms with Crippen LogP contribution in [0.4, 0.5) is 5.69 Å². The Morgan fingerprint density at radius 1 is 1.00 bits per heavy atom. The molecule has 0 saturated carbocycles. The third-order valence-electron chi connectivity index (χ3n) is 3.93. The van der Waals surface area contributed by atoms with E-state index in [1.165, 1.54) is 11.3 Å². The highest BCUT2D eigenvalue weighted by molar-refractivity contribution is 5.94. The van der Waals surface area contributed by atoms with E-state index < -0.39 is 0 Å². The predicted molar refractivity (Wildman–Crippen MR) is 98.0 cm³/mol. The molecule has 124 valence electrons. The van der Waals surface area contributed by atoms with E-state index >= 15 is 0 Å². The van der Waals surface area contributed by atoms with Gasteiger partial charge in [0.1, 0.15) is 0 Å². The molecule has 1 fully saturated rings. The molecule has 1 aliphatic heterocycles. The van der Waals surface area contributed by atoms with Gasteiger partial charge in [0.15, 0.2) is 0 Å². The molecule has 23 heavy (non-hydrogen) atoms. The lowest BCUT2D eigenvalue weighted by Crippen LogP contribution is -2.49. The Kier molecular flexibility index (Phi) is 7.33. The number of carbonyl (C=O) groups is 1. The van der Waals surface area contributed by atoms with E-state index in [-0.39, 0.29) is 30.7 Å². The van der Waals surface area contributed by atoms with Crippen LogP contribution in [-0.2, 0) is 0 Å². The summed E-state index contributed by atoms with van der Waals surface area (Å²) < 4.78 is 0. The molecule has 0 bridgehead atoms. The van der Waals surface area contributed by atoms with Crippen LogP contribution >= 0.6 is 24.8 Å². The summed E-state index contributed by atoms with van der Waals surface area (Å²) in [6.45, 7) is 5.38. The van der Waals surface area contributed by atoms with E-state index in [1.54, 1.807) is 18.5 Å². The quantitative estimate of drug-likeness (QED) is 0.831. The zero-order valence-corrected chi connectivity index (χ0v) is 14.6. The summed E-state index contributed by atoms with van der Waals surface area (Å²) in [5, 5.41) is 0. The molecule has 0 spiro atoms. The minimum Gasteiger partial charge on any atom is -0.368 e. The Balaban J connectivity index is 0.00000132. The monoisotopic (exact) mass is 353 g/mol. The fourth-order valence-electron chi connectivity index (χ4n) is 2.74. The summed E-state index contributed by atoms with van der Waals surface area (Å²) in [5.41, 5.74) is 3.22. The van der Waals surface area contributed by atoms with Crippen LogP contribution in [-0.4, -0.2) is 42.0 Å². The zero-order chi connectivity index (χ0) is 14.7. The van der Waals surface area contributed by atoms with Gasteiger partial charge in [-0.15, -0.1) is 24.8 Å². The number of amides is 1. The fraction of sp³-hybridized carbons (Fsp3) is 0.294. The maximum absolute atomic E-state index is 12.4. The molecule has 4 nitrogen and oxygen atoms in total. The van der Waals surface area contributed by atoms with E-state index in [0.29, 0.717) is 5.56 Å². The molecule has 0 aliphatic carbocycles. The lowest BCUT2D eigenvalue weighted by molar-refractivity contribution is 0.0746. The van der Waals surface area contributed by atoms with Gasteiger partial charge in [-0.2, -0.15) is 0 Å². The lowest BCUT2D eigenvalue weighted by Gasteiger charge is -2.36. The van der Waals surface area contributed by atoms with E-state index in [2.05, 4.69) is 41.1 Å². The number of pyridine rings is 1. The molecule has 0 unspecified atom stereocenters. The number of aryl methyl sites for hydroxylation is 1. The van der Waals surface area contributed by atoms with Crippen molar-refractivity contribution in [3.8, 4) is 0 Å². The number of rotatable bonds is 2. The smallest absolute Gasteiger partial charge is 0.255 e. The molecular weight excluding hydrogens is 333 g/mol. The minimum atomic E-state index is 0. The van der Waals surface area contributed by atoms with Crippen LogP contribution in [0.25, 0.3) is 0 Å². The summed E-state index contributed by atoms with van der Waals surface area (Å²) in [6, 6.07) is 12.0. The second kappa shape index (κ2) is 8.75. The van der Waals surface area contributed by atoms with Crippen molar-refractivity contribution >= 4 is 36.4 Å². The maximum Gasteiger partial charge on any atom is 0.255 e. The third kappa shape index (κ3) is 4.36. The summed E-state index contributed by atoms with van der Waals surface area (Å²) in [6.07, 6.45) is 3.32. The summed E-state index contributed by atoms with van der Waals surface area (Å²) >= 11 is 0. The number of piperazine rings is 1. The summed E-state index contributed by atoms with van der Waals surface area (Å²) in [4.78, 5) is 20.7. The van der Waals surface area contributed by atoms with Crippen LogP contribution in [0, 0.1) is 6.92 Å². The van der Waals surface area contributed by atoms with Crippen molar-refractivity contribution in [1.29, 1.82) is 0 Å². The first kappa shape index (κ1) is 19.3. The number of halogens is 2. The van der Waals surface area contributed by atoms with E-state index in [4.69, 9.17) is 0 Å². The van der Waals surface area contributed by atoms with Crippen molar-refractivity contribution in [2.45, 2.75) is 6.92 Å². The fourth-order valence-corrected chi connectivity index (χ4v) is 2.74. The van der Waals surface area contributed by atoms with Crippen LogP contribution in [0.15, 0.2) is 48.8 Å². The highest BCUT2D eigenvalue weighted by Gasteiger charge is 2.22.